The van der Waals surface area contributed by atoms with Gasteiger partial charge in [0, 0.05) is 17.1 Å². The molecule has 0 radical (unpaired) electrons. The van der Waals surface area contributed by atoms with Crippen LogP contribution in [0.25, 0.3) is 10.9 Å². The normalized spacial score (nSPS) is 16.6. The van der Waals surface area contributed by atoms with Crippen molar-refractivity contribution in [1.82, 2.24) is 4.98 Å². The molecule has 3 rings (SSSR count). The van der Waals surface area contributed by atoms with Crippen LogP contribution in [0.15, 0.2) is 30.3 Å². The van der Waals surface area contributed by atoms with Gasteiger partial charge in [0.2, 0.25) is 0 Å². The van der Waals surface area contributed by atoms with E-state index in [-0.39, 0.29) is 5.69 Å². The molecule has 0 saturated heterocycles. The number of nitrogens with zero attached hydrogens (tertiary/aromatic N) is 1. The van der Waals surface area contributed by atoms with Gasteiger partial charge in [-0.05, 0) is 37.8 Å². The van der Waals surface area contributed by atoms with E-state index in [1.165, 1.54) is 19.3 Å². The molecular weight excluding hydrogens is 252 g/mol. The maximum atomic E-state index is 11.2. The van der Waals surface area contributed by atoms with Crippen molar-refractivity contribution in [1.29, 1.82) is 0 Å². The zero-order chi connectivity index (χ0) is 14.1. The fourth-order valence-corrected chi connectivity index (χ4v) is 2.71. The second-order valence-electron chi connectivity index (χ2n) is 5.50. The highest BCUT2D eigenvalue weighted by Crippen LogP contribution is 2.32. The number of carboxylic acids is 1. The van der Waals surface area contributed by atoms with Crippen LogP contribution < -0.4 is 5.32 Å². The van der Waals surface area contributed by atoms with Crippen molar-refractivity contribution in [2.75, 3.05) is 5.32 Å². The van der Waals surface area contributed by atoms with Crippen LogP contribution in [0.5, 0.6) is 0 Å². The van der Waals surface area contributed by atoms with Gasteiger partial charge in [-0.25, -0.2) is 9.78 Å². The zero-order valence-corrected chi connectivity index (χ0v) is 11.5. The summed E-state index contributed by atoms with van der Waals surface area (Å²) < 4.78 is 0. The van der Waals surface area contributed by atoms with Crippen LogP contribution in [-0.4, -0.2) is 22.1 Å². The van der Waals surface area contributed by atoms with Gasteiger partial charge < -0.3 is 10.4 Å². The highest BCUT2D eigenvalue weighted by molar-refractivity contribution is 5.97. The van der Waals surface area contributed by atoms with Crippen molar-refractivity contribution >= 4 is 22.6 Å². The molecule has 2 aromatic rings. The molecule has 4 nitrogen and oxygen atoms in total. The molecule has 1 aliphatic rings. The van der Waals surface area contributed by atoms with Gasteiger partial charge in [0.1, 0.15) is 0 Å². The van der Waals surface area contributed by atoms with Gasteiger partial charge >= 0.3 is 5.97 Å². The fraction of sp³-hybridized carbons (Fsp3) is 0.375. The van der Waals surface area contributed by atoms with Gasteiger partial charge in [0.05, 0.1) is 5.52 Å². The Labute approximate surface area is 117 Å². The minimum atomic E-state index is -0.991. The maximum Gasteiger partial charge on any atom is 0.354 e. The first-order valence-corrected chi connectivity index (χ1v) is 7.05. The first-order chi connectivity index (χ1) is 9.65. The van der Waals surface area contributed by atoms with Gasteiger partial charge in [-0.2, -0.15) is 0 Å². The molecule has 0 spiro atoms. The Morgan fingerprint density at radius 3 is 2.80 bits per heavy atom. The van der Waals surface area contributed by atoms with Crippen molar-refractivity contribution in [3.8, 4) is 0 Å². The number of benzene rings is 1. The molecule has 0 amide bonds. The zero-order valence-electron chi connectivity index (χ0n) is 11.5. The summed E-state index contributed by atoms with van der Waals surface area (Å²) in [6.45, 7) is 2.17. The molecule has 1 atom stereocenters. The molecule has 1 fully saturated rings. The Balaban J connectivity index is 2.00. The predicted molar refractivity (Wildman–Crippen MR) is 79.1 cm³/mol. The summed E-state index contributed by atoms with van der Waals surface area (Å²) in [4.78, 5) is 15.4. The van der Waals surface area contributed by atoms with Crippen LogP contribution in [0, 0.1) is 5.92 Å². The Hall–Kier alpha value is -2.10. The largest absolute Gasteiger partial charge is 0.477 e. The van der Waals surface area contributed by atoms with E-state index in [4.69, 9.17) is 0 Å². The Morgan fingerprint density at radius 2 is 2.15 bits per heavy atom. The van der Waals surface area contributed by atoms with Crippen LogP contribution in [0.4, 0.5) is 5.69 Å². The van der Waals surface area contributed by atoms with E-state index < -0.39 is 5.97 Å². The lowest BCUT2D eigenvalue weighted by Crippen LogP contribution is -2.31. The molecule has 1 aromatic carbocycles. The van der Waals surface area contributed by atoms with Crippen molar-refractivity contribution in [2.45, 2.75) is 32.2 Å². The highest BCUT2D eigenvalue weighted by atomic mass is 16.4. The number of pyridine rings is 1. The molecule has 0 aliphatic heterocycles. The fourth-order valence-electron chi connectivity index (χ4n) is 2.71. The number of aromatic carboxylic acids is 1. The Morgan fingerprint density at radius 1 is 1.40 bits per heavy atom. The number of carboxylic acid groups (broad SMARTS) is 1. The lowest BCUT2D eigenvalue weighted by molar-refractivity contribution is 0.0691. The van der Waals surface area contributed by atoms with Crippen LogP contribution in [0.3, 0.4) is 0 Å². The molecule has 0 bridgehead atoms. The molecule has 1 saturated carbocycles. The van der Waals surface area contributed by atoms with Crippen LogP contribution in [-0.2, 0) is 0 Å². The number of nitrogens with one attached hydrogen (secondary N) is 1. The van der Waals surface area contributed by atoms with Gasteiger partial charge in [-0.15, -0.1) is 0 Å². The lowest BCUT2D eigenvalue weighted by atomic mass is 9.80. The molecule has 104 valence electrons. The molecule has 1 aliphatic carbocycles. The summed E-state index contributed by atoms with van der Waals surface area (Å²) >= 11 is 0. The summed E-state index contributed by atoms with van der Waals surface area (Å²) in [6, 6.07) is 9.64. The van der Waals surface area contributed by atoms with E-state index in [2.05, 4.69) is 17.2 Å². The summed E-state index contributed by atoms with van der Waals surface area (Å²) in [5.74, 6) is -0.301. The van der Waals surface area contributed by atoms with Crippen molar-refractivity contribution in [3.63, 3.8) is 0 Å². The van der Waals surface area contributed by atoms with Crippen molar-refractivity contribution in [3.05, 3.63) is 36.0 Å². The monoisotopic (exact) mass is 270 g/mol. The van der Waals surface area contributed by atoms with Crippen LogP contribution in [0.2, 0.25) is 0 Å². The number of aromatic nitrogens is 1. The average molecular weight is 270 g/mol. The number of hydrogen-bond acceptors (Lipinski definition) is 3. The third-order valence-electron chi connectivity index (χ3n) is 4.18. The van der Waals surface area contributed by atoms with E-state index in [9.17, 15) is 9.90 Å². The molecule has 4 heteroatoms. The quantitative estimate of drug-likeness (QED) is 0.892. The number of para-hydroxylation sites is 1. The van der Waals surface area contributed by atoms with E-state index >= 15 is 0 Å². The Bertz CT molecular complexity index is 650. The van der Waals surface area contributed by atoms with Gasteiger partial charge in [0.15, 0.2) is 5.69 Å². The summed E-state index contributed by atoms with van der Waals surface area (Å²) in [7, 11) is 0. The van der Waals surface area contributed by atoms with E-state index in [1.54, 1.807) is 6.07 Å². The molecule has 1 unspecified atom stereocenters. The van der Waals surface area contributed by atoms with E-state index in [0.29, 0.717) is 12.0 Å². The summed E-state index contributed by atoms with van der Waals surface area (Å²) in [5, 5.41) is 13.6. The SMILES string of the molecule is CC(Nc1cc(C(=O)O)nc2ccccc12)C1CCC1. The molecule has 1 aromatic heterocycles. The summed E-state index contributed by atoms with van der Waals surface area (Å²) in [6.07, 6.45) is 3.81. The average Bonchev–Trinajstić information content (AvgIpc) is 2.36. The number of carbonyl (C=O) groups is 1. The maximum absolute atomic E-state index is 11.2. The van der Waals surface area contributed by atoms with Crippen molar-refractivity contribution < 1.29 is 9.90 Å². The van der Waals surface area contributed by atoms with Gasteiger partial charge in [-0.3, -0.25) is 0 Å². The number of anilines is 1. The first-order valence-electron chi connectivity index (χ1n) is 7.05. The topological polar surface area (TPSA) is 62.2 Å². The molecule has 20 heavy (non-hydrogen) atoms. The third kappa shape index (κ3) is 2.33. The number of fused-ring (bicyclic) bond motifs is 1. The van der Waals surface area contributed by atoms with Gasteiger partial charge in [0.25, 0.3) is 0 Å². The second-order valence-corrected chi connectivity index (χ2v) is 5.50. The highest BCUT2D eigenvalue weighted by Gasteiger charge is 2.24. The standard InChI is InChI=1S/C16H18N2O2/c1-10(11-5-4-6-11)17-14-9-15(16(19)20)18-13-8-3-2-7-12(13)14/h2-3,7-11H,4-6H2,1H3,(H,17,18)(H,19,20). The number of hydrogen-bond donors (Lipinski definition) is 2. The lowest BCUT2D eigenvalue weighted by Gasteiger charge is -2.32. The minimum absolute atomic E-state index is 0.0898. The van der Waals surface area contributed by atoms with E-state index in [0.717, 1.165) is 16.6 Å². The predicted octanol–water partition coefficient (Wildman–Crippen LogP) is 3.53. The van der Waals surface area contributed by atoms with E-state index in [1.807, 2.05) is 24.3 Å². The second kappa shape index (κ2) is 5.12. The number of rotatable bonds is 4. The molecular formula is C16H18N2O2. The summed E-state index contributed by atoms with van der Waals surface area (Å²) in [5.41, 5.74) is 1.68. The smallest absolute Gasteiger partial charge is 0.354 e. The van der Waals surface area contributed by atoms with Crippen LogP contribution in [0.1, 0.15) is 36.7 Å². The Kier molecular flexibility index (Phi) is 3.30. The van der Waals surface area contributed by atoms with Crippen LogP contribution >= 0.6 is 0 Å². The molecule has 2 N–H and O–H groups in total. The minimum Gasteiger partial charge on any atom is -0.477 e. The van der Waals surface area contributed by atoms with Gasteiger partial charge in [-0.1, -0.05) is 24.6 Å². The first kappa shape index (κ1) is 12.9. The molecule has 1 heterocycles. The third-order valence-corrected chi connectivity index (χ3v) is 4.18. The van der Waals surface area contributed by atoms with Crippen molar-refractivity contribution in [2.24, 2.45) is 5.92 Å².